The van der Waals surface area contributed by atoms with Crippen molar-refractivity contribution in [3.05, 3.63) is 107 Å². The van der Waals surface area contributed by atoms with Gasteiger partial charge < -0.3 is 4.90 Å². The van der Waals surface area contributed by atoms with Crippen LogP contribution in [0.1, 0.15) is 33.2 Å². The number of hydroxylamine groups is 2. The predicted molar refractivity (Wildman–Crippen MR) is 135 cm³/mol. The zero-order valence-corrected chi connectivity index (χ0v) is 21.3. The van der Waals surface area contributed by atoms with Gasteiger partial charge in [-0.05, 0) is 35.4 Å². The van der Waals surface area contributed by atoms with Crippen LogP contribution >= 0.6 is 0 Å². The molecule has 1 fully saturated rings. The Morgan fingerprint density at radius 3 is 2.33 bits per heavy atom. The summed E-state index contributed by atoms with van der Waals surface area (Å²) >= 11 is 0. The van der Waals surface area contributed by atoms with Crippen molar-refractivity contribution >= 4 is 19.9 Å². The zero-order valence-electron chi connectivity index (χ0n) is 20.3. The Kier molecular flexibility index (Phi) is 7.34. The van der Waals surface area contributed by atoms with Gasteiger partial charge >= 0.3 is 0 Å². The van der Waals surface area contributed by atoms with Gasteiger partial charge in [0.05, 0.1) is 0 Å². The lowest BCUT2D eigenvalue weighted by Crippen LogP contribution is -2.36. The van der Waals surface area contributed by atoms with Crippen LogP contribution in [0.4, 0.5) is 8.78 Å². The number of carbonyl (C=O) groups excluding carboxylic acids is 2. The van der Waals surface area contributed by atoms with E-state index in [1.807, 2.05) is 36.4 Å². The molecule has 1 aliphatic heterocycles. The minimum Gasteiger partial charge on any atom is -0.302 e. The quantitative estimate of drug-likeness (QED) is 0.350. The molecule has 1 saturated heterocycles. The largest absolute Gasteiger partial charge is 0.302 e. The molecule has 0 spiro atoms. The molecule has 4 rings (SSSR count). The predicted octanol–water partition coefficient (Wildman–Crippen LogP) is 5.31. The highest BCUT2D eigenvalue weighted by atomic mass is 28.3. The van der Waals surface area contributed by atoms with Crippen molar-refractivity contribution in [3.63, 3.8) is 0 Å². The number of carbonyl (C=O) groups is 2. The average molecular weight is 505 g/mol. The molecular formula is C28H26F2N2O3Si. The number of amides is 2. The van der Waals surface area contributed by atoms with E-state index in [2.05, 4.69) is 31.1 Å². The minimum absolute atomic E-state index is 0.0777. The lowest BCUT2D eigenvalue weighted by atomic mass is 10.1. The number of halogens is 2. The van der Waals surface area contributed by atoms with E-state index in [4.69, 9.17) is 4.84 Å². The maximum absolute atomic E-state index is 14.5. The van der Waals surface area contributed by atoms with Gasteiger partial charge in [0.25, 0.3) is 11.8 Å². The summed E-state index contributed by atoms with van der Waals surface area (Å²) in [5, 5.41) is 1.11. The maximum Gasteiger partial charge on any atom is 0.268 e. The summed E-state index contributed by atoms with van der Waals surface area (Å²) in [7, 11) is -1.65. The molecule has 1 aliphatic rings. The molecule has 36 heavy (non-hydrogen) atoms. The molecule has 8 heteroatoms. The maximum atomic E-state index is 14.5. The number of hydrogen-bond acceptors (Lipinski definition) is 3. The van der Waals surface area contributed by atoms with Crippen LogP contribution in [0.2, 0.25) is 19.6 Å². The first-order chi connectivity index (χ1) is 17.1. The highest BCUT2D eigenvalue weighted by Gasteiger charge is 2.44. The number of rotatable bonds is 5. The van der Waals surface area contributed by atoms with E-state index in [1.54, 1.807) is 18.2 Å². The lowest BCUT2D eigenvalue weighted by molar-refractivity contribution is -0.201. The van der Waals surface area contributed by atoms with E-state index in [-0.39, 0.29) is 6.61 Å². The van der Waals surface area contributed by atoms with Crippen LogP contribution in [-0.2, 0) is 16.2 Å². The molecule has 5 nitrogen and oxygen atoms in total. The van der Waals surface area contributed by atoms with Gasteiger partial charge in [-0.2, -0.15) is 5.06 Å². The second kappa shape index (κ2) is 10.4. The molecule has 2 amide bonds. The summed E-state index contributed by atoms with van der Waals surface area (Å²) in [5.41, 5.74) is 4.66. The molecule has 1 unspecified atom stereocenters. The third kappa shape index (κ3) is 5.70. The molecule has 3 aromatic carbocycles. The van der Waals surface area contributed by atoms with E-state index in [1.165, 1.54) is 6.07 Å². The molecule has 0 aromatic heterocycles. The smallest absolute Gasteiger partial charge is 0.268 e. The highest BCUT2D eigenvalue weighted by molar-refractivity contribution is 6.83. The van der Waals surface area contributed by atoms with Gasteiger partial charge in [-0.25, -0.2) is 8.78 Å². The number of hydrogen-bond donors (Lipinski definition) is 0. The van der Waals surface area contributed by atoms with Crippen molar-refractivity contribution in [2.75, 3.05) is 6.54 Å². The summed E-state index contributed by atoms with van der Waals surface area (Å²) in [6.45, 7) is 6.07. The van der Waals surface area contributed by atoms with Gasteiger partial charge in [0.15, 0.2) is 6.17 Å². The van der Waals surface area contributed by atoms with Crippen LogP contribution in [0, 0.1) is 23.1 Å². The van der Waals surface area contributed by atoms with Crippen LogP contribution in [-0.4, -0.2) is 36.4 Å². The Labute approximate surface area is 210 Å². The molecule has 0 radical (unpaired) electrons. The monoisotopic (exact) mass is 504 g/mol. The second-order valence-electron chi connectivity index (χ2n) is 9.51. The molecule has 0 bridgehead atoms. The number of benzene rings is 3. The molecular weight excluding hydrogens is 478 g/mol. The van der Waals surface area contributed by atoms with Crippen molar-refractivity contribution in [2.24, 2.45) is 0 Å². The summed E-state index contributed by atoms with van der Waals surface area (Å²) in [6, 6.07) is 19.6. The van der Waals surface area contributed by atoms with Gasteiger partial charge in [0.2, 0.25) is 0 Å². The fourth-order valence-electron chi connectivity index (χ4n) is 3.81. The highest BCUT2D eigenvalue weighted by Crippen LogP contribution is 2.34. The van der Waals surface area contributed by atoms with Crippen molar-refractivity contribution in [1.82, 2.24) is 9.96 Å². The Hall–Kier alpha value is -3.80. The molecule has 184 valence electrons. The van der Waals surface area contributed by atoms with Gasteiger partial charge in [-0.15, -0.1) is 5.54 Å². The van der Waals surface area contributed by atoms with Gasteiger partial charge in [-0.3, -0.25) is 14.4 Å². The Bertz CT molecular complexity index is 1330. The Morgan fingerprint density at radius 1 is 1.00 bits per heavy atom. The van der Waals surface area contributed by atoms with E-state index >= 15 is 0 Å². The summed E-state index contributed by atoms with van der Waals surface area (Å²) in [6.07, 6.45) is -1.03. The first-order valence-electron chi connectivity index (χ1n) is 11.5. The van der Waals surface area contributed by atoms with Crippen molar-refractivity contribution in [1.29, 1.82) is 0 Å². The molecule has 0 saturated carbocycles. The Morgan fingerprint density at radius 2 is 1.67 bits per heavy atom. The molecule has 1 heterocycles. The average Bonchev–Trinajstić information content (AvgIpc) is 3.17. The molecule has 0 aliphatic carbocycles. The molecule has 3 aromatic rings. The third-order valence-electron chi connectivity index (χ3n) is 5.49. The van der Waals surface area contributed by atoms with Gasteiger partial charge in [0, 0.05) is 5.56 Å². The first-order valence-corrected chi connectivity index (χ1v) is 15.0. The normalized spacial score (nSPS) is 15.6. The summed E-state index contributed by atoms with van der Waals surface area (Å²) in [5.74, 6) is -0.258. The van der Waals surface area contributed by atoms with Crippen LogP contribution in [0.25, 0.3) is 0 Å². The van der Waals surface area contributed by atoms with Crippen molar-refractivity contribution < 1.29 is 23.2 Å². The van der Waals surface area contributed by atoms with Crippen LogP contribution in [0.15, 0.2) is 72.8 Å². The van der Waals surface area contributed by atoms with Crippen LogP contribution in [0.3, 0.4) is 0 Å². The zero-order chi connectivity index (χ0) is 25.9. The van der Waals surface area contributed by atoms with Gasteiger partial charge in [-0.1, -0.05) is 74.1 Å². The van der Waals surface area contributed by atoms with Crippen molar-refractivity contribution in [2.45, 2.75) is 32.4 Å². The standard InChI is InChI=1S/C28H26F2N2O3Si/c1-36(2,3)16-15-20-11-7-12-22(17-20)27-31(28(34)26-23(29)13-8-14-24(26)30)18-25(33)32(27)35-19-21-9-5-4-6-10-21/h4-14,17,27H,18-19H2,1-3H3. The Balaban J connectivity index is 1.74. The van der Waals surface area contributed by atoms with Gasteiger partial charge in [0.1, 0.15) is 38.4 Å². The van der Waals surface area contributed by atoms with E-state index in [9.17, 15) is 18.4 Å². The third-order valence-corrected chi connectivity index (χ3v) is 6.36. The van der Waals surface area contributed by atoms with E-state index in [0.717, 1.165) is 27.7 Å². The second-order valence-corrected chi connectivity index (χ2v) is 14.3. The van der Waals surface area contributed by atoms with Crippen LogP contribution < -0.4 is 0 Å². The van der Waals surface area contributed by atoms with E-state index in [0.29, 0.717) is 11.1 Å². The molecule has 1 atom stereocenters. The summed E-state index contributed by atoms with van der Waals surface area (Å²) in [4.78, 5) is 33.4. The number of nitrogens with zero attached hydrogens (tertiary/aromatic N) is 2. The fraction of sp³-hybridized carbons (Fsp3) is 0.214. The SMILES string of the molecule is C[Si](C)(C)C#Cc1cccc(C2N(C(=O)c3c(F)cccc3F)CC(=O)N2OCc2ccccc2)c1. The minimum atomic E-state index is -1.65. The topological polar surface area (TPSA) is 49.9 Å². The summed E-state index contributed by atoms with van der Waals surface area (Å²) < 4.78 is 29.0. The first kappa shape index (κ1) is 25.3. The lowest BCUT2D eigenvalue weighted by Gasteiger charge is -2.29. The van der Waals surface area contributed by atoms with Crippen molar-refractivity contribution in [3.8, 4) is 11.5 Å². The van der Waals surface area contributed by atoms with E-state index < -0.39 is 49.8 Å². The fourth-order valence-corrected chi connectivity index (χ4v) is 4.33. The van der Waals surface area contributed by atoms with Crippen LogP contribution in [0.5, 0.6) is 0 Å². The molecule has 0 N–H and O–H groups in total.